The molecule has 0 radical (unpaired) electrons. The third-order valence-corrected chi connectivity index (χ3v) is 6.18. The standard InChI is InChI=1S/C26H34N2O2/c1-19-5-9-23(10-6-19)25(29)13-15-27-17-21(3)28(22(4)18-27)16-14-26(30)24-11-7-20(2)8-12-24/h5-12,21-22H,13-18H2,1-4H3/t21-,22+. The minimum absolute atomic E-state index is 0.209. The fourth-order valence-electron chi connectivity index (χ4n) is 4.35. The van der Waals surface area contributed by atoms with Crippen molar-refractivity contribution in [3.8, 4) is 0 Å². The predicted octanol–water partition coefficient (Wildman–Crippen LogP) is 4.54. The van der Waals surface area contributed by atoms with Gasteiger partial charge in [0.25, 0.3) is 0 Å². The quantitative estimate of drug-likeness (QED) is 0.603. The highest BCUT2D eigenvalue weighted by atomic mass is 16.1. The van der Waals surface area contributed by atoms with Gasteiger partial charge in [-0.2, -0.15) is 0 Å². The van der Waals surface area contributed by atoms with Gasteiger partial charge in [-0.15, -0.1) is 0 Å². The number of nitrogens with zero attached hydrogens (tertiary/aromatic N) is 2. The summed E-state index contributed by atoms with van der Waals surface area (Å²) in [5, 5.41) is 0. The molecule has 30 heavy (non-hydrogen) atoms. The first-order valence-corrected chi connectivity index (χ1v) is 11.0. The molecule has 0 N–H and O–H groups in total. The highest BCUT2D eigenvalue weighted by Crippen LogP contribution is 2.18. The molecule has 2 aromatic carbocycles. The van der Waals surface area contributed by atoms with Crippen LogP contribution in [0.4, 0.5) is 0 Å². The number of Topliss-reactive ketones (excluding diaryl/α,β-unsaturated/α-hetero) is 2. The van der Waals surface area contributed by atoms with Crippen molar-refractivity contribution in [2.24, 2.45) is 0 Å². The van der Waals surface area contributed by atoms with Gasteiger partial charge in [0.2, 0.25) is 0 Å². The Morgan fingerprint density at radius 3 is 1.57 bits per heavy atom. The molecule has 0 unspecified atom stereocenters. The molecule has 1 saturated heterocycles. The van der Waals surface area contributed by atoms with E-state index in [1.165, 1.54) is 11.1 Å². The number of benzene rings is 2. The van der Waals surface area contributed by atoms with Crippen LogP contribution in [0.3, 0.4) is 0 Å². The topological polar surface area (TPSA) is 40.6 Å². The van der Waals surface area contributed by atoms with Crippen LogP contribution in [0.5, 0.6) is 0 Å². The van der Waals surface area contributed by atoms with E-state index in [0.717, 1.165) is 37.3 Å². The van der Waals surface area contributed by atoms with Gasteiger partial charge in [-0.1, -0.05) is 59.7 Å². The summed E-state index contributed by atoms with van der Waals surface area (Å²) in [4.78, 5) is 29.8. The van der Waals surface area contributed by atoms with Gasteiger partial charge in [0.1, 0.15) is 0 Å². The molecule has 1 heterocycles. The molecule has 3 rings (SSSR count). The van der Waals surface area contributed by atoms with Crippen molar-refractivity contribution in [2.45, 2.75) is 52.6 Å². The van der Waals surface area contributed by atoms with Crippen molar-refractivity contribution >= 4 is 11.6 Å². The van der Waals surface area contributed by atoms with Gasteiger partial charge in [-0.3, -0.25) is 19.4 Å². The molecule has 0 spiro atoms. The maximum atomic E-state index is 12.5. The van der Waals surface area contributed by atoms with E-state index in [-0.39, 0.29) is 11.6 Å². The summed E-state index contributed by atoms with van der Waals surface area (Å²) in [7, 11) is 0. The van der Waals surface area contributed by atoms with Crippen LogP contribution in [0.25, 0.3) is 0 Å². The summed E-state index contributed by atoms with van der Waals surface area (Å²) in [6, 6.07) is 16.4. The van der Waals surface area contributed by atoms with Gasteiger partial charge in [0, 0.05) is 62.2 Å². The summed E-state index contributed by atoms with van der Waals surface area (Å²) in [5.74, 6) is 0.418. The number of hydrogen-bond acceptors (Lipinski definition) is 4. The molecule has 0 aromatic heterocycles. The summed E-state index contributed by atoms with van der Waals surface area (Å²) in [6.07, 6.45) is 1.10. The molecular formula is C26H34N2O2. The minimum Gasteiger partial charge on any atom is -0.300 e. The summed E-state index contributed by atoms with van der Waals surface area (Å²) >= 11 is 0. The molecular weight excluding hydrogens is 372 g/mol. The van der Waals surface area contributed by atoms with Crippen LogP contribution in [0.1, 0.15) is 58.5 Å². The summed E-state index contributed by atoms with van der Waals surface area (Å²) in [6.45, 7) is 12.0. The minimum atomic E-state index is 0.209. The van der Waals surface area contributed by atoms with Gasteiger partial charge in [-0.25, -0.2) is 0 Å². The van der Waals surface area contributed by atoms with Crippen LogP contribution in [-0.2, 0) is 0 Å². The zero-order valence-electron chi connectivity index (χ0n) is 18.7. The number of aryl methyl sites for hydroxylation is 2. The second kappa shape index (κ2) is 10.1. The lowest BCUT2D eigenvalue weighted by molar-refractivity contribution is 0.0367. The molecule has 1 aliphatic rings. The van der Waals surface area contributed by atoms with Crippen LogP contribution in [-0.4, -0.2) is 59.6 Å². The van der Waals surface area contributed by atoms with Crippen LogP contribution in [0.2, 0.25) is 0 Å². The lowest BCUT2D eigenvalue weighted by atomic mass is 10.0. The Kier molecular flexibility index (Phi) is 7.57. The molecule has 0 saturated carbocycles. The SMILES string of the molecule is Cc1ccc(C(=O)CCN2C[C@@H](C)N(CCC(=O)c3ccc(C)cc3)[C@@H](C)C2)cc1. The second-order valence-corrected chi connectivity index (χ2v) is 8.77. The van der Waals surface area contributed by atoms with E-state index in [9.17, 15) is 9.59 Å². The van der Waals surface area contributed by atoms with Crippen LogP contribution in [0, 0.1) is 13.8 Å². The van der Waals surface area contributed by atoms with E-state index >= 15 is 0 Å². The zero-order chi connectivity index (χ0) is 21.7. The van der Waals surface area contributed by atoms with Crippen molar-refractivity contribution in [3.05, 3.63) is 70.8 Å². The third-order valence-electron chi connectivity index (χ3n) is 6.18. The Hall–Kier alpha value is -2.30. The maximum Gasteiger partial charge on any atom is 0.164 e. The Morgan fingerprint density at radius 1 is 0.733 bits per heavy atom. The smallest absolute Gasteiger partial charge is 0.164 e. The largest absolute Gasteiger partial charge is 0.300 e. The first-order valence-electron chi connectivity index (χ1n) is 11.0. The number of piperazine rings is 1. The Bertz CT molecular complexity index is 846. The zero-order valence-corrected chi connectivity index (χ0v) is 18.7. The molecule has 0 bridgehead atoms. The fraction of sp³-hybridized carbons (Fsp3) is 0.462. The van der Waals surface area contributed by atoms with E-state index in [4.69, 9.17) is 0 Å². The molecule has 4 nitrogen and oxygen atoms in total. The summed E-state index contributed by atoms with van der Waals surface area (Å²) < 4.78 is 0. The first-order chi connectivity index (χ1) is 14.3. The van der Waals surface area contributed by atoms with E-state index in [0.29, 0.717) is 24.9 Å². The van der Waals surface area contributed by atoms with E-state index in [1.54, 1.807) is 0 Å². The Labute approximate surface area is 180 Å². The normalized spacial score (nSPS) is 20.3. The van der Waals surface area contributed by atoms with Crippen molar-refractivity contribution < 1.29 is 9.59 Å². The average Bonchev–Trinajstić information content (AvgIpc) is 2.72. The molecule has 2 aromatic rings. The number of carbonyl (C=O) groups excluding carboxylic acids is 2. The maximum absolute atomic E-state index is 12.5. The van der Waals surface area contributed by atoms with Crippen LogP contribution >= 0.6 is 0 Å². The van der Waals surface area contributed by atoms with E-state index in [1.807, 2.05) is 62.4 Å². The van der Waals surface area contributed by atoms with Crippen LogP contribution in [0.15, 0.2) is 48.5 Å². The molecule has 2 atom stereocenters. The van der Waals surface area contributed by atoms with E-state index in [2.05, 4.69) is 23.6 Å². The molecule has 1 fully saturated rings. The lowest BCUT2D eigenvalue weighted by Crippen LogP contribution is -2.57. The van der Waals surface area contributed by atoms with E-state index < -0.39 is 0 Å². The molecule has 160 valence electrons. The first kappa shape index (κ1) is 22.4. The molecule has 4 heteroatoms. The van der Waals surface area contributed by atoms with Crippen LogP contribution < -0.4 is 0 Å². The van der Waals surface area contributed by atoms with Gasteiger partial charge in [0.05, 0.1) is 0 Å². The average molecular weight is 407 g/mol. The van der Waals surface area contributed by atoms with Gasteiger partial charge < -0.3 is 0 Å². The highest BCUT2D eigenvalue weighted by Gasteiger charge is 2.29. The Morgan fingerprint density at radius 2 is 1.13 bits per heavy atom. The number of hydrogen-bond donors (Lipinski definition) is 0. The molecule has 1 aliphatic heterocycles. The van der Waals surface area contributed by atoms with Crippen molar-refractivity contribution in [1.82, 2.24) is 9.80 Å². The molecule has 0 amide bonds. The van der Waals surface area contributed by atoms with Gasteiger partial charge >= 0.3 is 0 Å². The predicted molar refractivity (Wildman–Crippen MR) is 122 cm³/mol. The monoisotopic (exact) mass is 406 g/mol. The number of carbonyl (C=O) groups is 2. The van der Waals surface area contributed by atoms with Crippen molar-refractivity contribution in [3.63, 3.8) is 0 Å². The molecule has 0 aliphatic carbocycles. The van der Waals surface area contributed by atoms with Gasteiger partial charge in [0.15, 0.2) is 11.6 Å². The number of ketones is 2. The number of rotatable bonds is 8. The van der Waals surface area contributed by atoms with Crippen molar-refractivity contribution in [1.29, 1.82) is 0 Å². The van der Waals surface area contributed by atoms with Gasteiger partial charge in [-0.05, 0) is 27.7 Å². The second-order valence-electron chi connectivity index (χ2n) is 8.77. The van der Waals surface area contributed by atoms with Crippen molar-refractivity contribution in [2.75, 3.05) is 26.2 Å². The fourth-order valence-corrected chi connectivity index (χ4v) is 4.35. The lowest BCUT2D eigenvalue weighted by Gasteiger charge is -2.44. The highest BCUT2D eigenvalue weighted by molar-refractivity contribution is 5.96. The Balaban J connectivity index is 1.47. The third kappa shape index (κ3) is 5.87. The summed E-state index contributed by atoms with van der Waals surface area (Å²) in [5.41, 5.74) is 3.95.